The van der Waals surface area contributed by atoms with Crippen LogP contribution in [0.4, 0.5) is 0 Å². The lowest BCUT2D eigenvalue weighted by molar-refractivity contribution is 0.201. The first-order chi connectivity index (χ1) is 7.16. The van der Waals surface area contributed by atoms with Crippen molar-refractivity contribution in [3.05, 3.63) is 16.9 Å². The van der Waals surface area contributed by atoms with Crippen LogP contribution in [-0.2, 0) is 13.6 Å². The minimum absolute atomic E-state index is 0. The highest BCUT2D eigenvalue weighted by Gasteiger charge is 2.18. The fraction of sp³-hybridized carbons (Fsp3) is 0.700. The minimum atomic E-state index is 0. The first-order valence-electron chi connectivity index (χ1n) is 5.31. The number of likely N-dealkylation sites (tertiary alicyclic amines) is 1. The van der Waals surface area contributed by atoms with Gasteiger partial charge in [-0.15, -0.1) is 12.4 Å². The second kappa shape index (κ2) is 5.87. The number of aromatic nitrogens is 2. The molecule has 1 aliphatic rings. The highest BCUT2D eigenvalue weighted by Crippen LogP contribution is 2.18. The summed E-state index contributed by atoms with van der Waals surface area (Å²) in [5, 5.41) is 4.89. The number of nitrogens with zero attached hydrogens (tertiary/aromatic N) is 3. The van der Waals surface area contributed by atoms with Crippen LogP contribution in [0.3, 0.4) is 0 Å². The van der Waals surface area contributed by atoms with Crippen LogP contribution < -0.4 is 5.73 Å². The van der Waals surface area contributed by atoms with E-state index in [1.54, 1.807) is 6.20 Å². The molecule has 1 fully saturated rings. The monoisotopic (exact) mass is 264 g/mol. The molecule has 0 unspecified atom stereocenters. The standard InChI is InChI=1S/C10H17ClN4.ClH/c1-14-10(9(11)6-13-14)7-15-4-2-8(12)3-5-15;/h6,8H,2-5,7,12H2,1H3;1H. The molecule has 1 aromatic rings. The Morgan fingerprint density at radius 2 is 2.12 bits per heavy atom. The van der Waals surface area contributed by atoms with Crippen LogP contribution in [0.25, 0.3) is 0 Å². The van der Waals surface area contributed by atoms with Gasteiger partial charge in [0, 0.05) is 32.7 Å². The lowest BCUT2D eigenvalue weighted by Crippen LogP contribution is -2.39. The molecule has 0 saturated carbocycles. The van der Waals surface area contributed by atoms with Crippen molar-refractivity contribution in [3.8, 4) is 0 Å². The van der Waals surface area contributed by atoms with E-state index in [9.17, 15) is 0 Å². The molecule has 2 rings (SSSR count). The summed E-state index contributed by atoms with van der Waals surface area (Å²) >= 11 is 6.06. The van der Waals surface area contributed by atoms with Gasteiger partial charge in [-0.25, -0.2) is 0 Å². The molecule has 1 aromatic heterocycles. The molecule has 4 nitrogen and oxygen atoms in total. The maximum Gasteiger partial charge on any atom is 0.0831 e. The van der Waals surface area contributed by atoms with Gasteiger partial charge < -0.3 is 5.73 Å². The number of aryl methyl sites for hydroxylation is 1. The van der Waals surface area contributed by atoms with Crippen molar-refractivity contribution >= 4 is 24.0 Å². The molecule has 0 amide bonds. The van der Waals surface area contributed by atoms with E-state index in [0.29, 0.717) is 6.04 Å². The van der Waals surface area contributed by atoms with Gasteiger partial charge in [0.25, 0.3) is 0 Å². The van der Waals surface area contributed by atoms with Crippen LogP contribution in [0.2, 0.25) is 5.02 Å². The van der Waals surface area contributed by atoms with E-state index in [2.05, 4.69) is 10.00 Å². The molecule has 2 heterocycles. The van der Waals surface area contributed by atoms with Gasteiger partial charge >= 0.3 is 0 Å². The fourth-order valence-corrected chi connectivity index (χ4v) is 2.16. The Morgan fingerprint density at radius 1 is 1.50 bits per heavy atom. The number of halogens is 2. The number of nitrogens with two attached hydrogens (primary N) is 1. The predicted octanol–water partition coefficient (Wildman–Crippen LogP) is 1.42. The van der Waals surface area contributed by atoms with E-state index in [1.807, 2.05) is 11.7 Å². The molecule has 2 N–H and O–H groups in total. The zero-order valence-electron chi connectivity index (χ0n) is 9.40. The molecule has 0 bridgehead atoms. The zero-order chi connectivity index (χ0) is 10.8. The summed E-state index contributed by atoms with van der Waals surface area (Å²) in [6.45, 7) is 2.99. The Kier molecular flexibility index (Phi) is 5.05. The summed E-state index contributed by atoms with van der Waals surface area (Å²) in [5.41, 5.74) is 6.95. The Hall–Kier alpha value is -0.290. The molecule has 0 aliphatic carbocycles. The van der Waals surface area contributed by atoms with E-state index in [1.165, 1.54) is 0 Å². The summed E-state index contributed by atoms with van der Waals surface area (Å²) < 4.78 is 1.84. The Labute approximate surface area is 107 Å². The van der Waals surface area contributed by atoms with Crippen LogP contribution in [0.1, 0.15) is 18.5 Å². The number of hydrogen-bond donors (Lipinski definition) is 1. The highest BCUT2D eigenvalue weighted by molar-refractivity contribution is 6.31. The van der Waals surface area contributed by atoms with Crippen molar-refractivity contribution in [2.24, 2.45) is 12.8 Å². The van der Waals surface area contributed by atoms with E-state index < -0.39 is 0 Å². The fourth-order valence-electron chi connectivity index (χ4n) is 1.94. The molecule has 1 aliphatic heterocycles. The smallest absolute Gasteiger partial charge is 0.0831 e. The highest BCUT2D eigenvalue weighted by atomic mass is 35.5. The van der Waals surface area contributed by atoms with Gasteiger partial charge in [0.15, 0.2) is 0 Å². The van der Waals surface area contributed by atoms with Crippen LogP contribution in [0, 0.1) is 0 Å². The van der Waals surface area contributed by atoms with Crippen LogP contribution >= 0.6 is 24.0 Å². The second-order valence-corrected chi connectivity index (χ2v) is 4.58. The van der Waals surface area contributed by atoms with Gasteiger partial charge in [-0.05, 0) is 12.8 Å². The average molecular weight is 265 g/mol. The van der Waals surface area contributed by atoms with Gasteiger partial charge in [0.1, 0.15) is 0 Å². The molecule has 0 atom stereocenters. The molecule has 6 heteroatoms. The quantitative estimate of drug-likeness (QED) is 0.879. The number of piperidine rings is 1. The predicted molar refractivity (Wildman–Crippen MR) is 68.0 cm³/mol. The van der Waals surface area contributed by atoms with E-state index in [4.69, 9.17) is 17.3 Å². The first kappa shape index (κ1) is 13.8. The third-order valence-corrected chi connectivity index (χ3v) is 3.33. The molecule has 92 valence electrons. The maximum atomic E-state index is 6.06. The third-order valence-electron chi connectivity index (χ3n) is 3.02. The Balaban J connectivity index is 0.00000128. The van der Waals surface area contributed by atoms with Crippen LogP contribution in [0.15, 0.2) is 6.20 Å². The van der Waals surface area contributed by atoms with Crippen molar-refractivity contribution in [1.82, 2.24) is 14.7 Å². The van der Waals surface area contributed by atoms with Gasteiger partial charge in [-0.2, -0.15) is 5.10 Å². The van der Waals surface area contributed by atoms with Crippen molar-refractivity contribution in [3.63, 3.8) is 0 Å². The minimum Gasteiger partial charge on any atom is -0.328 e. The van der Waals surface area contributed by atoms with Crippen molar-refractivity contribution in [1.29, 1.82) is 0 Å². The Bertz CT molecular complexity index is 312. The lowest BCUT2D eigenvalue weighted by atomic mass is 10.1. The van der Waals surface area contributed by atoms with Gasteiger partial charge in [0.05, 0.1) is 16.9 Å². The number of hydrogen-bond acceptors (Lipinski definition) is 3. The van der Waals surface area contributed by atoms with Gasteiger partial charge in [0.2, 0.25) is 0 Å². The lowest BCUT2D eigenvalue weighted by Gasteiger charge is -2.29. The third kappa shape index (κ3) is 3.10. The summed E-state index contributed by atoms with van der Waals surface area (Å²) in [6, 6.07) is 0.378. The largest absolute Gasteiger partial charge is 0.328 e. The van der Waals surface area contributed by atoms with Crippen LogP contribution in [0.5, 0.6) is 0 Å². The van der Waals surface area contributed by atoms with E-state index in [0.717, 1.165) is 43.2 Å². The summed E-state index contributed by atoms with van der Waals surface area (Å²) in [6.07, 6.45) is 3.86. The normalized spacial score (nSPS) is 18.4. The topological polar surface area (TPSA) is 47.1 Å². The molecule has 16 heavy (non-hydrogen) atoms. The van der Waals surface area contributed by atoms with Crippen molar-refractivity contribution < 1.29 is 0 Å². The average Bonchev–Trinajstić information content (AvgIpc) is 2.53. The Morgan fingerprint density at radius 3 is 2.62 bits per heavy atom. The molecular weight excluding hydrogens is 247 g/mol. The van der Waals surface area contributed by atoms with E-state index in [-0.39, 0.29) is 12.4 Å². The SMILES string of the molecule is Cl.Cn1ncc(Cl)c1CN1CCC(N)CC1. The van der Waals surface area contributed by atoms with E-state index >= 15 is 0 Å². The molecule has 1 saturated heterocycles. The summed E-state index contributed by atoms with van der Waals surface area (Å²) in [4.78, 5) is 2.38. The van der Waals surface area contributed by atoms with Crippen molar-refractivity contribution in [2.75, 3.05) is 13.1 Å². The van der Waals surface area contributed by atoms with Gasteiger partial charge in [-0.1, -0.05) is 11.6 Å². The summed E-state index contributed by atoms with van der Waals surface area (Å²) in [5.74, 6) is 0. The maximum absolute atomic E-state index is 6.06. The summed E-state index contributed by atoms with van der Waals surface area (Å²) in [7, 11) is 1.93. The molecular formula is C10H18Cl2N4. The van der Waals surface area contributed by atoms with Crippen molar-refractivity contribution in [2.45, 2.75) is 25.4 Å². The van der Waals surface area contributed by atoms with Crippen LogP contribution in [-0.4, -0.2) is 33.8 Å². The van der Waals surface area contributed by atoms with Gasteiger partial charge in [-0.3, -0.25) is 9.58 Å². The number of rotatable bonds is 2. The first-order valence-corrected chi connectivity index (χ1v) is 5.69. The molecule has 0 aromatic carbocycles. The zero-order valence-corrected chi connectivity index (χ0v) is 11.0. The molecule has 0 radical (unpaired) electrons. The molecule has 0 spiro atoms. The second-order valence-electron chi connectivity index (χ2n) is 4.18.